The molecule has 1 atom stereocenters. The minimum atomic E-state index is -0.587. The van der Waals surface area contributed by atoms with Crippen molar-refractivity contribution < 1.29 is 18.7 Å². The number of nitrogens with zero attached hydrogens (tertiary/aromatic N) is 1. The monoisotopic (exact) mass is 386 g/mol. The van der Waals surface area contributed by atoms with Gasteiger partial charge in [0.2, 0.25) is 5.91 Å². The molecule has 6 heteroatoms. The molecule has 28 heavy (non-hydrogen) atoms. The minimum absolute atomic E-state index is 0.171. The van der Waals surface area contributed by atoms with Crippen molar-refractivity contribution in [2.24, 2.45) is 0 Å². The zero-order chi connectivity index (χ0) is 20.4. The van der Waals surface area contributed by atoms with Gasteiger partial charge in [-0.05, 0) is 42.7 Å². The molecular weight excluding hydrogens is 359 g/mol. The average molecular weight is 386 g/mol. The maximum absolute atomic E-state index is 13.0. The Bertz CT molecular complexity index is 750. The lowest BCUT2D eigenvalue weighted by Gasteiger charge is -2.30. The van der Waals surface area contributed by atoms with E-state index in [2.05, 4.69) is 5.32 Å². The summed E-state index contributed by atoms with van der Waals surface area (Å²) in [7, 11) is 0. The summed E-state index contributed by atoms with van der Waals surface area (Å²) in [5.74, 6) is -0.442. The average Bonchev–Trinajstić information content (AvgIpc) is 2.72. The van der Waals surface area contributed by atoms with Crippen molar-refractivity contribution >= 4 is 11.8 Å². The van der Waals surface area contributed by atoms with Crippen molar-refractivity contribution in [2.75, 3.05) is 13.2 Å². The highest BCUT2D eigenvalue weighted by Crippen LogP contribution is 2.15. The van der Waals surface area contributed by atoms with Gasteiger partial charge in [-0.25, -0.2) is 4.39 Å². The highest BCUT2D eigenvalue weighted by molar-refractivity contribution is 5.88. The van der Waals surface area contributed by atoms with Gasteiger partial charge in [-0.1, -0.05) is 44.2 Å². The zero-order valence-electron chi connectivity index (χ0n) is 16.4. The van der Waals surface area contributed by atoms with Crippen molar-refractivity contribution in [1.29, 1.82) is 0 Å². The van der Waals surface area contributed by atoms with E-state index < -0.39 is 6.04 Å². The van der Waals surface area contributed by atoms with E-state index in [9.17, 15) is 14.0 Å². The molecule has 0 aliphatic carbocycles. The minimum Gasteiger partial charge on any atom is -0.484 e. The maximum atomic E-state index is 13.0. The van der Waals surface area contributed by atoms with E-state index in [1.54, 1.807) is 4.90 Å². The molecule has 1 N–H and O–H groups in total. The van der Waals surface area contributed by atoms with Crippen LogP contribution in [0.1, 0.15) is 32.3 Å². The lowest BCUT2D eigenvalue weighted by Crippen LogP contribution is -2.50. The molecule has 2 aromatic carbocycles. The molecule has 0 radical (unpaired) electrons. The molecule has 150 valence electrons. The molecule has 2 amide bonds. The van der Waals surface area contributed by atoms with Crippen LogP contribution in [0, 0.1) is 5.82 Å². The number of halogens is 1. The smallest absolute Gasteiger partial charge is 0.261 e. The maximum Gasteiger partial charge on any atom is 0.261 e. The van der Waals surface area contributed by atoms with Crippen molar-refractivity contribution in [3.8, 4) is 5.75 Å². The number of carbonyl (C=O) groups excluding carboxylic acids is 2. The Balaban J connectivity index is 2.14. The van der Waals surface area contributed by atoms with Gasteiger partial charge in [0.05, 0.1) is 0 Å². The Morgan fingerprint density at radius 1 is 1.07 bits per heavy atom. The second-order valence-corrected chi connectivity index (χ2v) is 6.46. The van der Waals surface area contributed by atoms with Gasteiger partial charge >= 0.3 is 0 Å². The zero-order valence-corrected chi connectivity index (χ0v) is 16.4. The van der Waals surface area contributed by atoms with Gasteiger partial charge in [0.25, 0.3) is 5.91 Å². The third-order valence-electron chi connectivity index (χ3n) is 4.31. The molecule has 0 unspecified atom stereocenters. The Labute approximate surface area is 165 Å². The Morgan fingerprint density at radius 2 is 1.75 bits per heavy atom. The summed E-state index contributed by atoms with van der Waals surface area (Å²) in [6.45, 7) is 4.50. The number of amides is 2. The largest absolute Gasteiger partial charge is 0.484 e. The van der Waals surface area contributed by atoms with Crippen LogP contribution in [-0.4, -0.2) is 35.9 Å². The standard InChI is InChI=1S/C22H27FN2O3/c1-3-14-24-22(27)20(4-2)25(15-17-8-6-5-7-9-17)21(26)16-28-19-12-10-18(23)11-13-19/h5-13,20H,3-4,14-16H2,1-2H3,(H,24,27)/t20-/m1/s1. The quantitative estimate of drug-likeness (QED) is 0.680. The summed E-state index contributed by atoms with van der Waals surface area (Å²) in [6, 6.07) is 14.4. The van der Waals surface area contributed by atoms with Crippen LogP contribution in [0.2, 0.25) is 0 Å². The van der Waals surface area contributed by atoms with Gasteiger partial charge in [-0.2, -0.15) is 0 Å². The first kappa shape index (κ1) is 21.4. The third-order valence-corrected chi connectivity index (χ3v) is 4.31. The van der Waals surface area contributed by atoms with E-state index in [-0.39, 0.29) is 24.2 Å². The normalized spacial score (nSPS) is 11.5. The van der Waals surface area contributed by atoms with Crippen LogP contribution >= 0.6 is 0 Å². The van der Waals surface area contributed by atoms with Crippen LogP contribution in [-0.2, 0) is 16.1 Å². The Morgan fingerprint density at radius 3 is 2.36 bits per heavy atom. The number of benzene rings is 2. The van der Waals surface area contributed by atoms with Crippen LogP contribution in [0.15, 0.2) is 54.6 Å². The van der Waals surface area contributed by atoms with Gasteiger partial charge in [-0.15, -0.1) is 0 Å². The lowest BCUT2D eigenvalue weighted by molar-refractivity contribution is -0.143. The van der Waals surface area contributed by atoms with E-state index in [1.807, 2.05) is 44.2 Å². The van der Waals surface area contributed by atoms with E-state index in [4.69, 9.17) is 4.74 Å². The van der Waals surface area contributed by atoms with Crippen LogP contribution in [0.25, 0.3) is 0 Å². The van der Waals surface area contributed by atoms with Crippen LogP contribution < -0.4 is 10.1 Å². The van der Waals surface area contributed by atoms with Crippen LogP contribution in [0.4, 0.5) is 4.39 Å². The van der Waals surface area contributed by atoms with Crippen LogP contribution in [0.5, 0.6) is 5.75 Å². The van der Waals surface area contributed by atoms with Crippen molar-refractivity contribution in [2.45, 2.75) is 39.3 Å². The Kier molecular flexibility index (Phi) is 8.46. The molecular formula is C22H27FN2O3. The molecule has 0 saturated heterocycles. The highest BCUT2D eigenvalue weighted by atomic mass is 19.1. The first-order valence-electron chi connectivity index (χ1n) is 9.54. The first-order chi connectivity index (χ1) is 13.5. The fraction of sp³-hybridized carbons (Fsp3) is 0.364. The SMILES string of the molecule is CCCNC(=O)[C@@H](CC)N(Cc1ccccc1)C(=O)COc1ccc(F)cc1. The van der Waals surface area contributed by atoms with E-state index in [1.165, 1.54) is 24.3 Å². The summed E-state index contributed by atoms with van der Waals surface area (Å²) in [4.78, 5) is 27.1. The molecule has 0 saturated carbocycles. The lowest BCUT2D eigenvalue weighted by atomic mass is 10.1. The number of nitrogens with one attached hydrogen (secondary N) is 1. The summed E-state index contributed by atoms with van der Waals surface area (Å²) < 4.78 is 18.5. The molecule has 2 rings (SSSR count). The molecule has 0 aliphatic heterocycles. The van der Waals surface area contributed by atoms with E-state index >= 15 is 0 Å². The summed E-state index contributed by atoms with van der Waals surface area (Å²) in [5.41, 5.74) is 0.930. The second kappa shape index (κ2) is 11.1. The fourth-order valence-corrected chi connectivity index (χ4v) is 2.82. The summed E-state index contributed by atoms with van der Waals surface area (Å²) >= 11 is 0. The van der Waals surface area contributed by atoms with E-state index in [0.29, 0.717) is 25.3 Å². The van der Waals surface area contributed by atoms with E-state index in [0.717, 1.165) is 12.0 Å². The molecule has 0 heterocycles. The molecule has 0 aliphatic rings. The topological polar surface area (TPSA) is 58.6 Å². The van der Waals surface area contributed by atoms with Crippen LogP contribution in [0.3, 0.4) is 0 Å². The molecule has 0 spiro atoms. The van der Waals surface area contributed by atoms with Crippen molar-refractivity contribution in [3.05, 3.63) is 66.0 Å². The molecule has 0 fully saturated rings. The molecule has 5 nitrogen and oxygen atoms in total. The van der Waals surface area contributed by atoms with Gasteiger partial charge in [0.1, 0.15) is 17.6 Å². The Hall–Kier alpha value is -2.89. The fourth-order valence-electron chi connectivity index (χ4n) is 2.82. The summed E-state index contributed by atoms with van der Waals surface area (Å²) in [6.07, 6.45) is 1.31. The van der Waals surface area contributed by atoms with Crippen molar-refractivity contribution in [3.63, 3.8) is 0 Å². The first-order valence-corrected chi connectivity index (χ1v) is 9.54. The van der Waals surface area contributed by atoms with Crippen molar-refractivity contribution in [1.82, 2.24) is 10.2 Å². The molecule has 0 bridgehead atoms. The van der Waals surface area contributed by atoms with Gasteiger partial charge < -0.3 is 15.0 Å². The number of hydrogen-bond donors (Lipinski definition) is 1. The number of carbonyl (C=O) groups is 2. The third kappa shape index (κ3) is 6.37. The van der Waals surface area contributed by atoms with Gasteiger partial charge in [-0.3, -0.25) is 9.59 Å². The molecule has 2 aromatic rings. The molecule has 0 aromatic heterocycles. The summed E-state index contributed by atoms with van der Waals surface area (Å²) in [5, 5.41) is 2.87. The number of ether oxygens (including phenoxy) is 1. The number of rotatable bonds is 10. The number of hydrogen-bond acceptors (Lipinski definition) is 3. The predicted molar refractivity (Wildman–Crippen MR) is 106 cm³/mol. The van der Waals surface area contributed by atoms with Gasteiger partial charge in [0, 0.05) is 13.1 Å². The van der Waals surface area contributed by atoms with Gasteiger partial charge in [0.15, 0.2) is 6.61 Å². The predicted octanol–water partition coefficient (Wildman–Crippen LogP) is 3.54. The highest BCUT2D eigenvalue weighted by Gasteiger charge is 2.28. The second-order valence-electron chi connectivity index (χ2n) is 6.46.